The number of fused-ring (bicyclic) bond motifs is 2. The number of amides is 2. The van der Waals surface area contributed by atoms with Crippen LogP contribution in [0.4, 0.5) is 10.1 Å². The third kappa shape index (κ3) is 4.49. The molecule has 2 aromatic heterocycles. The lowest BCUT2D eigenvalue weighted by Gasteiger charge is -2.17. The molecule has 0 aliphatic carbocycles. The molecule has 4 aromatic rings. The second-order valence-electron chi connectivity index (χ2n) is 9.54. The van der Waals surface area contributed by atoms with Crippen LogP contribution < -0.4 is 10.6 Å². The molecule has 0 aliphatic rings. The van der Waals surface area contributed by atoms with E-state index in [0.717, 1.165) is 33.1 Å². The molecule has 0 atom stereocenters. The number of hydrogen-bond acceptors (Lipinski definition) is 2. The van der Waals surface area contributed by atoms with Crippen molar-refractivity contribution in [1.82, 2.24) is 15.3 Å². The Labute approximate surface area is 192 Å². The smallest absolute Gasteiger partial charge is 0.267 e. The van der Waals surface area contributed by atoms with Crippen LogP contribution in [-0.4, -0.2) is 28.3 Å². The lowest BCUT2D eigenvalue weighted by Crippen LogP contribution is -2.27. The minimum atomic E-state index is -0.494. The molecule has 0 aliphatic heterocycles. The van der Waals surface area contributed by atoms with E-state index in [9.17, 15) is 14.0 Å². The van der Waals surface area contributed by atoms with Gasteiger partial charge in [-0.2, -0.15) is 0 Å². The van der Waals surface area contributed by atoms with E-state index < -0.39 is 5.41 Å². The van der Waals surface area contributed by atoms with Crippen LogP contribution in [0, 0.1) is 25.1 Å². The van der Waals surface area contributed by atoms with E-state index >= 15 is 0 Å². The Balaban J connectivity index is 1.45. The van der Waals surface area contributed by atoms with Crippen molar-refractivity contribution in [2.75, 3.05) is 11.9 Å². The number of aryl methyl sites for hydroxylation is 2. The lowest BCUT2D eigenvalue weighted by molar-refractivity contribution is -0.123. The first-order valence-corrected chi connectivity index (χ1v) is 11.0. The summed E-state index contributed by atoms with van der Waals surface area (Å²) in [6, 6.07) is 10.5. The van der Waals surface area contributed by atoms with Crippen LogP contribution in [0.25, 0.3) is 21.8 Å². The SMILES string of the molecule is Cc1[nH]c2c(F)ccc(C)c2c1CCNC(=O)c1cc2cc(NC(=O)C(C)(C)C)ccc2[nH]1. The van der Waals surface area contributed by atoms with Gasteiger partial charge in [-0.05, 0) is 61.7 Å². The molecule has 2 heterocycles. The van der Waals surface area contributed by atoms with E-state index in [1.807, 2.05) is 52.8 Å². The molecule has 2 aromatic carbocycles. The van der Waals surface area contributed by atoms with Gasteiger partial charge in [0.2, 0.25) is 5.91 Å². The first-order valence-electron chi connectivity index (χ1n) is 11.0. The number of carbonyl (C=O) groups is 2. The molecule has 7 heteroatoms. The maximum absolute atomic E-state index is 14.2. The van der Waals surface area contributed by atoms with Crippen molar-refractivity contribution in [1.29, 1.82) is 0 Å². The lowest BCUT2D eigenvalue weighted by atomic mass is 9.95. The van der Waals surface area contributed by atoms with Gasteiger partial charge >= 0.3 is 0 Å². The molecule has 0 unspecified atom stereocenters. The number of H-pyrrole nitrogens is 2. The number of benzene rings is 2. The summed E-state index contributed by atoms with van der Waals surface area (Å²) in [6.07, 6.45) is 0.588. The Morgan fingerprint density at radius 2 is 1.79 bits per heavy atom. The van der Waals surface area contributed by atoms with Crippen LogP contribution in [0.5, 0.6) is 0 Å². The quantitative estimate of drug-likeness (QED) is 0.331. The Kier molecular flexibility index (Phi) is 5.74. The highest BCUT2D eigenvalue weighted by Gasteiger charge is 2.21. The minimum Gasteiger partial charge on any atom is -0.356 e. The average molecular weight is 449 g/mol. The molecule has 33 heavy (non-hydrogen) atoms. The van der Waals surface area contributed by atoms with Crippen LogP contribution in [0.1, 0.15) is 48.1 Å². The summed E-state index contributed by atoms with van der Waals surface area (Å²) in [7, 11) is 0. The maximum atomic E-state index is 14.2. The molecule has 4 rings (SSSR count). The van der Waals surface area contributed by atoms with Crippen molar-refractivity contribution < 1.29 is 14.0 Å². The highest BCUT2D eigenvalue weighted by molar-refractivity contribution is 6.00. The van der Waals surface area contributed by atoms with E-state index in [-0.39, 0.29) is 17.6 Å². The first-order chi connectivity index (χ1) is 15.5. The highest BCUT2D eigenvalue weighted by Crippen LogP contribution is 2.28. The monoisotopic (exact) mass is 448 g/mol. The maximum Gasteiger partial charge on any atom is 0.267 e. The van der Waals surface area contributed by atoms with Gasteiger partial charge in [-0.1, -0.05) is 26.8 Å². The van der Waals surface area contributed by atoms with Gasteiger partial charge in [-0.15, -0.1) is 0 Å². The zero-order chi connectivity index (χ0) is 23.9. The van der Waals surface area contributed by atoms with Crippen molar-refractivity contribution in [3.8, 4) is 0 Å². The van der Waals surface area contributed by atoms with E-state index in [4.69, 9.17) is 0 Å². The highest BCUT2D eigenvalue weighted by atomic mass is 19.1. The summed E-state index contributed by atoms with van der Waals surface area (Å²) in [6.45, 7) is 9.87. The largest absolute Gasteiger partial charge is 0.356 e. The van der Waals surface area contributed by atoms with Gasteiger partial charge < -0.3 is 20.6 Å². The molecule has 0 radical (unpaired) electrons. The summed E-state index contributed by atoms with van der Waals surface area (Å²) in [5.74, 6) is -0.560. The van der Waals surface area contributed by atoms with Crippen LogP contribution in [0.15, 0.2) is 36.4 Å². The van der Waals surface area contributed by atoms with Crippen molar-refractivity contribution in [2.24, 2.45) is 5.41 Å². The number of anilines is 1. The summed E-state index contributed by atoms with van der Waals surface area (Å²) in [4.78, 5) is 31.2. The summed E-state index contributed by atoms with van der Waals surface area (Å²) in [5.41, 5.74) is 4.88. The van der Waals surface area contributed by atoms with Gasteiger partial charge in [0.15, 0.2) is 0 Å². The molecule has 0 saturated heterocycles. The zero-order valence-electron chi connectivity index (χ0n) is 19.6. The number of hydrogen-bond donors (Lipinski definition) is 4. The number of halogens is 1. The van der Waals surface area contributed by atoms with Gasteiger partial charge in [0.1, 0.15) is 11.5 Å². The third-order valence-electron chi connectivity index (χ3n) is 5.89. The summed E-state index contributed by atoms with van der Waals surface area (Å²) >= 11 is 0. The fourth-order valence-corrected chi connectivity index (χ4v) is 4.00. The number of aromatic amines is 2. The zero-order valence-corrected chi connectivity index (χ0v) is 19.6. The molecule has 0 spiro atoms. The molecule has 2 amide bonds. The van der Waals surface area contributed by atoms with Crippen LogP contribution in [0.2, 0.25) is 0 Å². The first kappa shape index (κ1) is 22.6. The Morgan fingerprint density at radius 1 is 1.03 bits per heavy atom. The van der Waals surface area contributed by atoms with Gasteiger partial charge in [-0.3, -0.25) is 9.59 Å². The van der Waals surface area contributed by atoms with Crippen LogP contribution in [0.3, 0.4) is 0 Å². The molecule has 6 nitrogen and oxygen atoms in total. The van der Waals surface area contributed by atoms with Gasteiger partial charge in [0, 0.05) is 39.6 Å². The second kappa shape index (κ2) is 8.39. The van der Waals surface area contributed by atoms with Crippen molar-refractivity contribution >= 4 is 39.3 Å². The standard InChI is InChI=1S/C26H29FN4O2/c1-14-6-8-19(27)23-22(14)18(15(2)29-23)10-11-28-24(32)21-13-16-12-17(7-9-20(16)31-21)30-25(33)26(3,4)5/h6-9,12-13,29,31H,10-11H2,1-5H3,(H,28,32)(H,30,33). The molecule has 0 fully saturated rings. The fraction of sp³-hybridized carbons (Fsp3) is 0.308. The number of nitrogens with one attached hydrogen (secondary N) is 4. The number of aromatic nitrogens is 2. The van der Waals surface area contributed by atoms with Gasteiger partial charge in [-0.25, -0.2) is 4.39 Å². The normalized spacial score (nSPS) is 11.8. The molecular formula is C26H29FN4O2. The number of carbonyl (C=O) groups excluding carboxylic acids is 2. The van der Waals surface area contributed by atoms with Crippen LogP contribution in [-0.2, 0) is 11.2 Å². The van der Waals surface area contributed by atoms with E-state index in [1.165, 1.54) is 6.07 Å². The van der Waals surface area contributed by atoms with Crippen molar-refractivity contribution in [3.63, 3.8) is 0 Å². The Morgan fingerprint density at radius 3 is 2.52 bits per heavy atom. The summed E-state index contributed by atoms with van der Waals surface area (Å²) in [5, 5.41) is 7.58. The summed E-state index contributed by atoms with van der Waals surface area (Å²) < 4.78 is 14.2. The topological polar surface area (TPSA) is 89.8 Å². The second-order valence-corrected chi connectivity index (χ2v) is 9.54. The Hall–Kier alpha value is -3.61. The molecule has 0 bridgehead atoms. The van der Waals surface area contributed by atoms with Crippen molar-refractivity contribution in [3.05, 3.63) is 64.7 Å². The van der Waals surface area contributed by atoms with E-state index in [1.54, 1.807) is 12.1 Å². The third-order valence-corrected chi connectivity index (χ3v) is 5.89. The molecular weight excluding hydrogens is 419 g/mol. The predicted octanol–water partition coefficient (Wildman–Crippen LogP) is 5.36. The number of rotatable bonds is 5. The Bertz CT molecular complexity index is 1370. The predicted molar refractivity (Wildman–Crippen MR) is 130 cm³/mol. The fourth-order valence-electron chi connectivity index (χ4n) is 4.00. The van der Waals surface area contributed by atoms with Crippen molar-refractivity contribution in [2.45, 2.75) is 41.0 Å². The van der Waals surface area contributed by atoms with Gasteiger partial charge in [0.05, 0.1) is 5.52 Å². The van der Waals surface area contributed by atoms with E-state index in [0.29, 0.717) is 29.9 Å². The molecule has 4 N–H and O–H groups in total. The molecule has 172 valence electrons. The van der Waals surface area contributed by atoms with Crippen LogP contribution >= 0.6 is 0 Å². The minimum absolute atomic E-state index is 0.0713. The van der Waals surface area contributed by atoms with E-state index in [2.05, 4.69) is 20.6 Å². The van der Waals surface area contributed by atoms with Gasteiger partial charge in [0.25, 0.3) is 5.91 Å². The molecule has 0 saturated carbocycles. The average Bonchev–Trinajstić information content (AvgIpc) is 3.31.